The molecule has 8 heteroatoms. The van der Waals surface area contributed by atoms with Crippen molar-refractivity contribution in [3.8, 4) is 0 Å². The monoisotopic (exact) mass is 552 g/mol. The predicted octanol–water partition coefficient (Wildman–Crippen LogP) is 3.78. The zero-order valence-electron chi connectivity index (χ0n) is 24.5. The van der Waals surface area contributed by atoms with Gasteiger partial charge < -0.3 is 20.0 Å². The van der Waals surface area contributed by atoms with Gasteiger partial charge in [0.25, 0.3) is 0 Å². The van der Waals surface area contributed by atoms with E-state index in [1.807, 2.05) is 18.2 Å². The van der Waals surface area contributed by atoms with E-state index in [0.717, 1.165) is 38.5 Å². The lowest BCUT2D eigenvalue weighted by atomic mass is 9.86. The Morgan fingerprint density at radius 2 is 1.52 bits per heavy atom. The average molecular weight is 553 g/mol. The van der Waals surface area contributed by atoms with Crippen LogP contribution in [0.1, 0.15) is 83.6 Å². The van der Waals surface area contributed by atoms with E-state index in [4.69, 9.17) is 0 Å². The molecule has 3 fully saturated rings. The van der Waals surface area contributed by atoms with Crippen LogP contribution < -0.4 is 5.32 Å². The minimum Gasteiger partial charge on any atom is -0.346 e. The van der Waals surface area contributed by atoms with E-state index >= 15 is 0 Å². The number of piperazine rings is 2. The summed E-state index contributed by atoms with van der Waals surface area (Å²) in [6.45, 7) is 7.12. The molecule has 2 heterocycles. The van der Waals surface area contributed by atoms with Gasteiger partial charge in [-0.1, -0.05) is 76.3 Å². The first-order chi connectivity index (χ1) is 19.3. The fourth-order valence-corrected chi connectivity index (χ4v) is 6.69. The van der Waals surface area contributed by atoms with Crippen molar-refractivity contribution in [3.05, 3.63) is 35.9 Å². The number of nitrogens with one attached hydrogen (secondary N) is 1. The van der Waals surface area contributed by atoms with E-state index < -0.39 is 17.7 Å². The quantitative estimate of drug-likeness (QED) is 0.298. The first-order valence-corrected chi connectivity index (χ1v) is 15.6. The number of amides is 4. The lowest BCUT2D eigenvalue weighted by Crippen LogP contribution is -2.60. The van der Waals surface area contributed by atoms with Gasteiger partial charge in [0.15, 0.2) is 0 Å². The molecule has 1 aromatic carbocycles. The molecule has 40 heavy (non-hydrogen) atoms. The number of rotatable bonds is 13. The van der Waals surface area contributed by atoms with Crippen molar-refractivity contribution in [1.29, 1.82) is 0 Å². The van der Waals surface area contributed by atoms with E-state index in [9.17, 15) is 19.2 Å². The van der Waals surface area contributed by atoms with Gasteiger partial charge in [-0.2, -0.15) is 0 Å². The number of nitrogens with zero attached hydrogens (tertiary/aromatic N) is 3. The number of hydrogen-bond acceptors (Lipinski definition) is 4. The first-order valence-electron chi connectivity index (χ1n) is 15.6. The van der Waals surface area contributed by atoms with E-state index in [1.165, 1.54) is 37.7 Å². The van der Waals surface area contributed by atoms with Crippen LogP contribution in [-0.4, -0.2) is 83.1 Å². The van der Waals surface area contributed by atoms with Gasteiger partial charge >= 0.3 is 23.6 Å². The highest BCUT2D eigenvalue weighted by Crippen LogP contribution is 2.27. The Hall–Kier alpha value is -2.90. The van der Waals surface area contributed by atoms with Gasteiger partial charge in [-0.15, -0.1) is 0 Å². The smallest absolute Gasteiger partial charge is 0.312 e. The normalized spacial score (nSPS) is 22.8. The standard InChI is InChI=1S/C32H48N4O4/c1-24(2)21-28-23-34(31(39)32(40)36(28)20-17-26-13-7-4-8-14-26)18-10-9-15-27-22-33-29(37)30(38)35(27)19-16-25-11-5-3-6-12-25/h4,7-8,13-14,24-25,27-28H,3,5-6,9-12,15-23H2,1-2H3,(H,33,37)/t27-,28-/m0/s1. The van der Waals surface area contributed by atoms with Crippen LogP contribution >= 0.6 is 0 Å². The van der Waals surface area contributed by atoms with Crippen molar-refractivity contribution < 1.29 is 19.2 Å². The summed E-state index contributed by atoms with van der Waals surface area (Å²) >= 11 is 0. The molecule has 0 radical (unpaired) electrons. The molecule has 4 rings (SSSR count). The van der Waals surface area contributed by atoms with E-state index in [1.54, 1.807) is 14.7 Å². The number of hydrogen-bond donors (Lipinski definition) is 1. The van der Waals surface area contributed by atoms with Crippen LogP contribution in [0.2, 0.25) is 0 Å². The zero-order valence-corrected chi connectivity index (χ0v) is 24.5. The topological polar surface area (TPSA) is 90.0 Å². The molecule has 0 aromatic heterocycles. The zero-order chi connectivity index (χ0) is 28.5. The minimum atomic E-state index is -0.495. The number of carbonyl (C=O) groups excluding carboxylic acids is 4. The number of carbonyl (C=O) groups is 4. The molecule has 3 aliphatic rings. The molecular formula is C32H48N4O4. The van der Waals surface area contributed by atoms with E-state index in [2.05, 4.69) is 31.3 Å². The molecule has 1 saturated carbocycles. The van der Waals surface area contributed by atoms with Crippen molar-refractivity contribution >= 4 is 23.6 Å². The van der Waals surface area contributed by atoms with Crippen LogP contribution in [0, 0.1) is 11.8 Å². The molecule has 0 bridgehead atoms. The average Bonchev–Trinajstić information content (AvgIpc) is 2.95. The maximum absolute atomic E-state index is 13.2. The summed E-state index contributed by atoms with van der Waals surface area (Å²) in [6, 6.07) is 10.1. The van der Waals surface area contributed by atoms with Crippen molar-refractivity contribution in [2.24, 2.45) is 11.8 Å². The van der Waals surface area contributed by atoms with Gasteiger partial charge in [0, 0.05) is 38.8 Å². The Balaban J connectivity index is 1.28. The van der Waals surface area contributed by atoms with Crippen molar-refractivity contribution in [3.63, 3.8) is 0 Å². The lowest BCUT2D eigenvalue weighted by Gasteiger charge is -2.41. The van der Waals surface area contributed by atoms with Gasteiger partial charge in [-0.25, -0.2) is 0 Å². The Kier molecular flexibility index (Phi) is 11.0. The fourth-order valence-electron chi connectivity index (χ4n) is 6.69. The molecule has 2 aliphatic heterocycles. The third-order valence-electron chi connectivity index (χ3n) is 8.94. The third-order valence-corrected chi connectivity index (χ3v) is 8.94. The molecule has 2 saturated heterocycles. The molecule has 1 N–H and O–H groups in total. The highest BCUT2D eigenvalue weighted by molar-refractivity contribution is 6.36. The van der Waals surface area contributed by atoms with Gasteiger partial charge in [0.05, 0.1) is 6.04 Å². The second-order valence-electron chi connectivity index (χ2n) is 12.4. The molecule has 1 aromatic rings. The van der Waals surface area contributed by atoms with Gasteiger partial charge in [0.1, 0.15) is 0 Å². The highest BCUT2D eigenvalue weighted by atomic mass is 16.2. The SMILES string of the molecule is CC(C)C[C@H]1CN(CCCC[C@H]2CNC(=O)C(=O)N2CCC2CCCCC2)C(=O)C(=O)N1CCc1ccccc1. The summed E-state index contributed by atoms with van der Waals surface area (Å²) in [5.74, 6) is -0.613. The van der Waals surface area contributed by atoms with Crippen LogP contribution in [-0.2, 0) is 25.6 Å². The Morgan fingerprint density at radius 1 is 0.800 bits per heavy atom. The second kappa shape index (κ2) is 14.6. The highest BCUT2D eigenvalue weighted by Gasteiger charge is 2.39. The Morgan fingerprint density at radius 3 is 2.25 bits per heavy atom. The van der Waals surface area contributed by atoms with Crippen LogP contribution in [0.5, 0.6) is 0 Å². The molecule has 0 unspecified atom stereocenters. The lowest BCUT2D eigenvalue weighted by molar-refractivity contribution is -0.159. The largest absolute Gasteiger partial charge is 0.346 e. The summed E-state index contributed by atoms with van der Waals surface area (Å²) in [6.07, 6.45) is 11.2. The molecule has 0 spiro atoms. The fraction of sp³-hybridized carbons (Fsp3) is 0.688. The number of unbranched alkanes of at least 4 members (excludes halogenated alkanes) is 1. The van der Waals surface area contributed by atoms with Crippen LogP contribution in [0.25, 0.3) is 0 Å². The third kappa shape index (κ3) is 8.07. The maximum Gasteiger partial charge on any atom is 0.312 e. The molecule has 1 aliphatic carbocycles. The molecule has 4 amide bonds. The second-order valence-corrected chi connectivity index (χ2v) is 12.4. The van der Waals surface area contributed by atoms with Crippen LogP contribution in [0.4, 0.5) is 0 Å². The van der Waals surface area contributed by atoms with Crippen LogP contribution in [0.15, 0.2) is 30.3 Å². The summed E-state index contributed by atoms with van der Waals surface area (Å²) in [5, 5.41) is 2.76. The van der Waals surface area contributed by atoms with E-state index in [0.29, 0.717) is 44.6 Å². The minimum absolute atomic E-state index is 0.00496. The van der Waals surface area contributed by atoms with Crippen molar-refractivity contribution in [2.75, 3.05) is 32.7 Å². The molecular weight excluding hydrogens is 504 g/mol. The Bertz CT molecular complexity index is 1010. The van der Waals surface area contributed by atoms with Crippen molar-refractivity contribution in [1.82, 2.24) is 20.0 Å². The molecule has 220 valence electrons. The van der Waals surface area contributed by atoms with Gasteiger partial charge in [0.2, 0.25) is 0 Å². The summed E-state index contributed by atoms with van der Waals surface area (Å²) in [5.41, 5.74) is 1.17. The first kappa shape index (κ1) is 30.1. The Labute approximate surface area is 239 Å². The summed E-state index contributed by atoms with van der Waals surface area (Å²) < 4.78 is 0. The van der Waals surface area contributed by atoms with Crippen LogP contribution in [0.3, 0.4) is 0 Å². The number of benzene rings is 1. The van der Waals surface area contributed by atoms with Crippen molar-refractivity contribution in [2.45, 2.75) is 96.6 Å². The summed E-state index contributed by atoms with van der Waals surface area (Å²) in [4.78, 5) is 56.4. The summed E-state index contributed by atoms with van der Waals surface area (Å²) in [7, 11) is 0. The molecule has 2 atom stereocenters. The van der Waals surface area contributed by atoms with Gasteiger partial charge in [-0.3, -0.25) is 19.2 Å². The molecule has 8 nitrogen and oxygen atoms in total. The van der Waals surface area contributed by atoms with E-state index in [-0.39, 0.29) is 18.0 Å². The van der Waals surface area contributed by atoms with Gasteiger partial charge in [-0.05, 0) is 55.9 Å². The predicted molar refractivity (Wildman–Crippen MR) is 155 cm³/mol. The maximum atomic E-state index is 13.2.